The van der Waals surface area contributed by atoms with E-state index in [4.69, 9.17) is 4.74 Å². The molecule has 1 saturated heterocycles. The summed E-state index contributed by atoms with van der Waals surface area (Å²) in [5, 5.41) is 3.28. The Labute approximate surface area is 115 Å². The average Bonchev–Trinajstić information content (AvgIpc) is 2.60. The topological polar surface area (TPSA) is 24.5 Å². The zero-order valence-corrected chi connectivity index (χ0v) is 11.8. The number of ether oxygens (including phenoxy) is 1. The molecule has 104 valence electrons. The van der Waals surface area contributed by atoms with Crippen LogP contribution in [0.5, 0.6) is 0 Å². The van der Waals surface area contributed by atoms with Crippen LogP contribution in [0.4, 0.5) is 5.69 Å². The third kappa shape index (κ3) is 2.93. The predicted molar refractivity (Wildman–Crippen MR) is 78.8 cm³/mol. The molecule has 1 N–H and O–H groups in total. The Kier molecular flexibility index (Phi) is 3.76. The first-order valence-electron chi connectivity index (χ1n) is 7.44. The van der Waals surface area contributed by atoms with Gasteiger partial charge in [0.2, 0.25) is 0 Å². The van der Waals surface area contributed by atoms with E-state index in [1.165, 1.54) is 30.5 Å². The van der Waals surface area contributed by atoms with Gasteiger partial charge in [0.15, 0.2) is 0 Å². The van der Waals surface area contributed by atoms with Crippen molar-refractivity contribution in [1.29, 1.82) is 0 Å². The molecule has 0 aliphatic carbocycles. The van der Waals surface area contributed by atoms with Crippen molar-refractivity contribution in [3.05, 3.63) is 29.8 Å². The molecule has 0 atom stereocenters. The number of hydrogen-bond acceptors (Lipinski definition) is 3. The lowest BCUT2D eigenvalue weighted by molar-refractivity contribution is -0.0633. The average molecular weight is 260 g/mol. The maximum atomic E-state index is 6.02. The normalized spacial score (nSPS) is 21.4. The summed E-state index contributed by atoms with van der Waals surface area (Å²) in [6, 6.07) is 8.83. The van der Waals surface area contributed by atoms with Crippen molar-refractivity contribution in [3.8, 4) is 0 Å². The quantitative estimate of drug-likeness (QED) is 0.898. The Morgan fingerprint density at radius 2 is 2.11 bits per heavy atom. The van der Waals surface area contributed by atoms with Crippen molar-refractivity contribution in [2.45, 2.75) is 31.8 Å². The second-order valence-electron chi connectivity index (χ2n) is 5.97. The van der Waals surface area contributed by atoms with Gasteiger partial charge in [-0.1, -0.05) is 18.2 Å². The Morgan fingerprint density at radius 1 is 1.26 bits per heavy atom. The van der Waals surface area contributed by atoms with E-state index >= 15 is 0 Å². The number of benzene rings is 1. The number of nitrogens with one attached hydrogen (secondary N) is 1. The maximum absolute atomic E-state index is 6.02. The summed E-state index contributed by atoms with van der Waals surface area (Å²) in [4.78, 5) is 2.50. The zero-order valence-electron chi connectivity index (χ0n) is 11.8. The van der Waals surface area contributed by atoms with Crippen LogP contribution in [0.3, 0.4) is 0 Å². The van der Waals surface area contributed by atoms with Crippen molar-refractivity contribution < 1.29 is 4.74 Å². The summed E-state index contributed by atoms with van der Waals surface area (Å²) >= 11 is 0. The number of hydrogen-bond donors (Lipinski definition) is 1. The summed E-state index contributed by atoms with van der Waals surface area (Å²) in [6.45, 7) is 7.17. The smallest absolute Gasteiger partial charge is 0.0902 e. The molecule has 0 radical (unpaired) electrons. The van der Waals surface area contributed by atoms with Gasteiger partial charge in [-0.05, 0) is 37.8 Å². The standard InChI is InChI=1S/C16H24N2O/c1-16(12-17-13-16)19-11-10-18-9-5-4-7-14-6-2-3-8-15(14)18/h2-3,6,8,17H,4-5,7,9-13H2,1H3. The van der Waals surface area contributed by atoms with Crippen LogP contribution in [0.25, 0.3) is 0 Å². The number of para-hydroxylation sites is 1. The minimum absolute atomic E-state index is 0.0748. The van der Waals surface area contributed by atoms with Gasteiger partial charge in [0.25, 0.3) is 0 Å². The van der Waals surface area contributed by atoms with Crippen molar-refractivity contribution in [3.63, 3.8) is 0 Å². The molecular weight excluding hydrogens is 236 g/mol. The first kappa shape index (κ1) is 12.9. The molecule has 0 saturated carbocycles. The fraction of sp³-hybridized carbons (Fsp3) is 0.625. The lowest BCUT2D eigenvalue weighted by Gasteiger charge is -2.39. The number of fused-ring (bicyclic) bond motifs is 1. The van der Waals surface area contributed by atoms with Crippen molar-refractivity contribution in [2.75, 3.05) is 37.7 Å². The number of nitrogens with zero attached hydrogens (tertiary/aromatic N) is 1. The highest BCUT2D eigenvalue weighted by molar-refractivity contribution is 5.54. The zero-order chi connectivity index (χ0) is 13.1. The molecule has 0 bridgehead atoms. The molecular formula is C16H24N2O. The van der Waals surface area contributed by atoms with Gasteiger partial charge in [-0.25, -0.2) is 0 Å². The third-order valence-electron chi connectivity index (χ3n) is 4.27. The van der Waals surface area contributed by atoms with Gasteiger partial charge in [0.05, 0.1) is 12.2 Å². The third-order valence-corrected chi connectivity index (χ3v) is 4.27. The summed E-state index contributed by atoms with van der Waals surface area (Å²) in [6.07, 6.45) is 3.80. The highest BCUT2D eigenvalue weighted by Crippen LogP contribution is 2.26. The minimum atomic E-state index is 0.0748. The molecule has 0 unspecified atom stereocenters. The Morgan fingerprint density at radius 3 is 2.89 bits per heavy atom. The molecule has 19 heavy (non-hydrogen) atoms. The van der Waals surface area contributed by atoms with E-state index in [1.807, 2.05) is 0 Å². The number of aryl methyl sites for hydroxylation is 1. The van der Waals surface area contributed by atoms with Crippen LogP contribution in [0.1, 0.15) is 25.3 Å². The SMILES string of the molecule is CC1(OCCN2CCCCc3ccccc32)CNC1. The van der Waals surface area contributed by atoms with Crippen molar-refractivity contribution in [2.24, 2.45) is 0 Å². The molecule has 2 aliphatic heterocycles. The van der Waals surface area contributed by atoms with E-state index < -0.39 is 0 Å². The second-order valence-corrected chi connectivity index (χ2v) is 5.97. The molecule has 0 aromatic heterocycles. The minimum Gasteiger partial charge on any atom is -0.371 e. The van der Waals surface area contributed by atoms with Crippen LogP contribution >= 0.6 is 0 Å². The molecule has 3 nitrogen and oxygen atoms in total. The largest absolute Gasteiger partial charge is 0.371 e. The number of anilines is 1. The van der Waals surface area contributed by atoms with Crippen LogP contribution in [-0.2, 0) is 11.2 Å². The molecule has 0 amide bonds. The van der Waals surface area contributed by atoms with Gasteiger partial charge in [0, 0.05) is 31.9 Å². The van der Waals surface area contributed by atoms with Gasteiger partial charge in [-0.2, -0.15) is 0 Å². The summed E-state index contributed by atoms with van der Waals surface area (Å²) < 4.78 is 6.02. The van der Waals surface area contributed by atoms with E-state index in [1.54, 1.807) is 0 Å². The van der Waals surface area contributed by atoms with E-state index in [-0.39, 0.29) is 5.60 Å². The van der Waals surface area contributed by atoms with Gasteiger partial charge < -0.3 is 15.0 Å². The lowest BCUT2D eigenvalue weighted by atomic mass is 10.0. The van der Waals surface area contributed by atoms with Crippen LogP contribution in [0.15, 0.2) is 24.3 Å². The number of rotatable bonds is 4. The maximum Gasteiger partial charge on any atom is 0.0902 e. The first-order valence-corrected chi connectivity index (χ1v) is 7.44. The lowest BCUT2D eigenvalue weighted by Crippen LogP contribution is -2.59. The van der Waals surface area contributed by atoms with Crippen LogP contribution in [0, 0.1) is 0 Å². The molecule has 0 spiro atoms. The predicted octanol–water partition coefficient (Wildman–Crippen LogP) is 2.21. The Balaban J connectivity index is 1.60. The van der Waals surface area contributed by atoms with E-state index in [2.05, 4.69) is 41.4 Å². The monoisotopic (exact) mass is 260 g/mol. The van der Waals surface area contributed by atoms with Crippen LogP contribution in [0.2, 0.25) is 0 Å². The van der Waals surface area contributed by atoms with Crippen LogP contribution in [-0.4, -0.2) is 38.4 Å². The van der Waals surface area contributed by atoms with E-state index in [0.717, 1.165) is 32.8 Å². The molecule has 3 heteroatoms. The van der Waals surface area contributed by atoms with Gasteiger partial charge in [-0.3, -0.25) is 0 Å². The fourth-order valence-electron chi connectivity index (χ4n) is 2.98. The van der Waals surface area contributed by atoms with Gasteiger partial charge in [0.1, 0.15) is 0 Å². The van der Waals surface area contributed by atoms with E-state index in [9.17, 15) is 0 Å². The van der Waals surface area contributed by atoms with Gasteiger partial charge in [-0.15, -0.1) is 0 Å². The molecule has 2 aliphatic rings. The molecule has 1 aromatic carbocycles. The Hall–Kier alpha value is -1.06. The summed E-state index contributed by atoms with van der Waals surface area (Å²) in [7, 11) is 0. The van der Waals surface area contributed by atoms with Crippen molar-refractivity contribution in [1.82, 2.24) is 5.32 Å². The van der Waals surface area contributed by atoms with E-state index in [0.29, 0.717) is 0 Å². The molecule has 3 rings (SSSR count). The molecule has 1 fully saturated rings. The Bertz CT molecular complexity index is 429. The fourth-order valence-corrected chi connectivity index (χ4v) is 2.98. The highest BCUT2D eigenvalue weighted by atomic mass is 16.5. The molecule has 1 aromatic rings. The van der Waals surface area contributed by atoms with Crippen LogP contribution < -0.4 is 10.2 Å². The first-order chi connectivity index (χ1) is 9.27. The molecule has 2 heterocycles. The summed E-state index contributed by atoms with van der Waals surface area (Å²) in [5.74, 6) is 0. The second kappa shape index (κ2) is 5.51. The van der Waals surface area contributed by atoms with Gasteiger partial charge >= 0.3 is 0 Å². The summed E-state index contributed by atoms with van der Waals surface area (Å²) in [5.41, 5.74) is 2.99. The van der Waals surface area contributed by atoms with Crippen molar-refractivity contribution >= 4 is 5.69 Å². The highest BCUT2D eigenvalue weighted by Gasteiger charge is 2.32.